The van der Waals surface area contributed by atoms with Gasteiger partial charge in [-0.3, -0.25) is 9.48 Å². The molecular weight excluding hydrogens is 323 g/mol. The Morgan fingerprint density at radius 1 is 1.38 bits per heavy atom. The number of hydrogen-bond donors (Lipinski definition) is 2. The van der Waals surface area contributed by atoms with Gasteiger partial charge in [-0.1, -0.05) is 12.8 Å². The Kier molecular flexibility index (Phi) is 5.57. The lowest BCUT2D eigenvalue weighted by atomic mass is 9.91. The minimum Gasteiger partial charge on any atom is -0.391 e. The average Bonchev–Trinajstić information content (AvgIpc) is 2.73. The third kappa shape index (κ3) is 4.28. The molecule has 8 heteroatoms. The lowest BCUT2D eigenvalue weighted by molar-refractivity contribution is -0.143. The molecule has 0 spiro atoms. The molecule has 1 amide bonds. The van der Waals surface area contributed by atoms with Crippen LogP contribution in [0.15, 0.2) is 0 Å². The van der Waals surface area contributed by atoms with Gasteiger partial charge in [0.2, 0.25) is 5.91 Å². The molecule has 1 saturated carbocycles. The number of amides is 1. The number of carbonyl (C=O) groups is 1. The zero-order valence-electron chi connectivity index (χ0n) is 14.2. The lowest BCUT2D eigenvalue weighted by Crippen LogP contribution is -2.46. The van der Waals surface area contributed by atoms with Crippen molar-refractivity contribution >= 4 is 5.91 Å². The Morgan fingerprint density at radius 2 is 2.00 bits per heavy atom. The van der Waals surface area contributed by atoms with Gasteiger partial charge in [0.05, 0.1) is 23.8 Å². The SMILES string of the molecule is Cc1nn(CC(F)(F)F)c(C)c1C(C)C(=O)NC1CCCCC1O. The van der Waals surface area contributed by atoms with E-state index in [0.717, 1.165) is 17.5 Å². The van der Waals surface area contributed by atoms with E-state index in [4.69, 9.17) is 0 Å². The number of nitrogens with zero attached hydrogens (tertiary/aromatic N) is 2. The highest BCUT2D eigenvalue weighted by Crippen LogP contribution is 2.27. The van der Waals surface area contributed by atoms with Gasteiger partial charge in [0.1, 0.15) is 6.54 Å². The summed E-state index contributed by atoms with van der Waals surface area (Å²) in [7, 11) is 0. The van der Waals surface area contributed by atoms with E-state index in [1.807, 2.05) is 0 Å². The second kappa shape index (κ2) is 7.13. The van der Waals surface area contributed by atoms with Crippen molar-refractivity contribution in [2.45, 2.75) is 77.2 Å². The third-order valence-corrected chi connectivity index (χ3v) is 4.65. The summed E-state index contributed by atoms with van der Waals surface area (Å²) in [6.45, 7) is 3.63. The Bertz CT molecular complexity index is 598. The molecular formula is C16H24F3N3O2. The first-order chi connectivity index (χ1) is 11.1. The fraction of sp³-hybridized carbons (Fsp3) is 0.750. The molecule has 1 aliphatic rings. The van der Waals surface area contributed by atoms with Gasteiger partial charge in [0.25, 0.3) is 0 Å². The maximum atomic E-state index is 12.6. The van der Waals surface area contributed by atoms with Gasteiger partial charge in [-0.15, -0.1) is 0 Å². The van der Waals surface area contributed by atoms with Crippen molar-refractivity contribution in [1.29, 1.82) is 0 Å². The van der Waals surface area contributed by atoms with E-state index < -0.39 is 24.7 Å². The average molecular weight is 347 g/mol. The fourth-order valence-electron chi connectivity index (χ4n) is 3.38. The Morgan fingerprint density at radius 3 is 2.58 bits per heavy atom. The minimum atomic E-state index is -4.36. The van der Waals surface area contributed by atoms with E-state index in [0.29, 0.717) is 29.8 Å². The zero-order valence-corrected chi connectivity index (χ0v) is 14.2. The van der Waals surface area contributed by atoms with Gasteiger partial charge < -0.3 is 10.4 Å². The quantitative estimate of drug-likeness (QED) is 0.880. The second-order valence-corrected chi connectivity index (χ2v) is 6.55. The van der Waals surface area contributed by atoms with E-state index >= 15 is 0 Å². The van der Waals surface area contributed by atoms with Crippen molar-refractivity contribution in [2.75, 3.05) is 0 Å². The normalized spacial score (nSPS) is 23.1. The molecule has 1 heterocycles. The summed E-state index contributed by atoms with van der Waals surface area (Å²) in [4.78, 5) is 12.5. The molecule has 0 radical (unpaired) electrons. The highest BCUT2D eigenvalue weighted by molar-refractivity contribution is 5.84. The van der Waals surface area contributed by atoms with E-state index in [9.17, 15) is 23.1 Å². The summed E-state index contributed by atoms with van der Waals surface area (Å²) in [6, 6.07) is -0.292. The van der Waals surface area contributed by atoms with Crippen molar-refractivity contribution in [1.82, 2.24) is 15.1 Å². The van der Waals surface area contributed by atoms with Crippen LogP contribution in [0.4, 0.5) is 13.2 Å². The first-order valence-electron chi connectivity index (χ1n) is 8.19. The molecule has 0 saturated heterocycles. The van der Waals surface area contributed by atoms with Crippen LogP contribution in [0, 0.1) is 13.8 Å². The van der Waals surface area contributed by atoms with Gasteiger partial charge in [-0.05, 0) is 33.6 Å². The van der Waals surface area contributed by atoms with Crippen LogP contribution in [0.25, 0.3) is 0 Å². The molecule has 0 aromatic carbocycles. The van der Waals surface area contributed by atoms with Crippen molar-refractivity contribution in [3.63, 3.8) is 0 Å². The molecule has 1 aromatic heterocycles. The Labute approximate surface area is 139 Å². The Balaban J connectivity index is 2.13. The first kappa shape index (κ1) is 18.8. The van der Waals surface area contributed by atoms with Crippen molar-refractivity contribution in [3.8, 4) is 0 Å². The largest absolute Gasteiger partial charge is 0.408 e. The third-order valence-electron chi connectivity index (χ3n) is 4.65. The predicted octanol–water partition coefficient (Wildman–Crippen LogP) is 2.59. The van der Waals surface area contributed by atoms with Gasteiger partial charge in [0, 0.05) is 11.3 Å². The fourth-order valence-corrected chi connectivity index (χ4v) is 3.38. The molecule has 136 valence electrons. The van der Waals surface area contributed by atoms with Gasteiger partial charge in [0.15, 0.2) is 0 Å². The van der Waals surface area contributed by atoms with Crippen LogP contribution in [0.5, 0.6) is 0 Å². The maximum Gasteiger partial charge on any atom is 0.408 e. The van der Waals surface area contributed by atoms with E-state index in [1.54, 1.807) is 20.8 Å². The van der Waals surface area contributed by atoms with E-state index in [-0.39, 0.29) is 11.9 Å². The number of halogens is 3. The Hall–Kier alpha value is -1.57. The zero-order chi connectivity index (χ0) is 18.1. The number of aliphatic hydroxyl groups excluding tert-OH is 1. The summed E-state index contributed by atoms with van der Waals surface area (Å²) < 4.78 is 38.7. The smallest absolute Gasteiger partial charge is 0.391 e. The number of carbonyl (C=O) groups excluding carboxylic acids is 1. The molecule has 24 heavy (non-hydrogen) atoms. The summed E-state index contributed by atoms with van der Waals surface area (Å²) in [5.41, 5.74) is 1.28. The summed E-state index contributed by atoms with van der Waals surface area (Å²) in [5.74, 6) is -0.917. The number of aryl methyl sites for hydroxylation is 1. The molecule has 2 rings (SSSR count). The van der Waals surface area contributed by atoms with E-state index in [1.165, 1.54) is 0 Å². The number of aliphatic hydroxyl groups is 1. The molecule has 1 aliphatic carbocycles. The highest BCUT2D eigenvalue weighted by Gasteiger charge is 2.32. The summed E-state index contributed by atoms with van der Waals surface area (Å²) in [5, 5.41) is 16.7. The van der Waals surface area contributed by atoms with Crippen LogP contribution < -0.4 is 5.32 Å². The van der Waals surface area contributed by atoms with E-state index in [2.05, 4.69) is 10.4 Å². The number of aromatic nitrogens is 2. The molecule has 1 fully saturated rings. The van der Waals surface area contributed by atoms with Crippen LogP contribution >= 0.6 is 0 Å². The number of rotatable bonds is 4. The topological polar surface area (TPSA) is 67.2 Å². The highest BCUT2D eigenvalue weighted by atomic mass is 19.4. The van der Waals surface area contributed by atoms with Crippen LogP contribution in [0.2, 0.25) is 0 Å². The summed E-state index contributed by atoms with van der Waals surface area (Å²) in [6.07, 6.45) is -1.68. The van der Waals surface area contributed by atoms with Gasteiger partial charge in [-0.2, -0.15) is 18.3 Å². The molecule has 0 aliphatic heterocycles. The molecule has 2 N–H and O–H groups in total. The van der Waals surface area contributed by atoms with Crippen molar-refractivity contribution in [3.05, 3.63) is 17.0 Å². The first-order valence-corrected chi connectivity index (χ1v) is 8.19. The number of alkyl halides is 3. The van der Waals surface area contributed by atoms with Crippen molar-refractivity contribution < 1.29 is 23.1 Å². The molecule has 3 atom stereocenters. The van der Waals surface area contributed by atoms with Gasteiger partial charge in [-0.25, -0.2) is 0 Å². The molecule has 0 bridgehead atoms. The molecule has 3 unspecified atom stereocenters. The number of hydrogen-bond acceptors (Lipinski definition) is 3. The number of nitrogens with one attached hydrogen (secondary N) is 1. The minimum absolute atomic E-state index is 0.292. The standard InChI is InChI=1S/C16H24F3N3O2/c1-9(15(24)20-12-6-4-5-7-13(12)23)14-10(2)21-22(11(14)3)8-16(17,18)19/h9,12-13,23H,4-8H2,1-3H3,(H,20,24). The monoisotopic (exact) mass is 347 g/mol. The van der Waals surface area contributed by atoms with Crippen LogP contribution in [0.3, 0.4) is 0 Å². The lowest BCUT2D eigenvalue weighted by Gasteiger charge is -2.29. The maximum absolute atomic E-state index is 12.6. The molecule has 5 nitrogen and oxygen atoms in total. The van der Waals surface area contributed by atoms with Crippen LogP contribution in [-0.4, -0.2) is 39.1 Å². The van der Waals surface area contributed by atoms with Crippen molar-refractivity contribution in [2.24, 2.45) is 0 Å². The van der Waals surface area contributed by atoms with Crippen LogP contribution in [0.1, 0.15) is 55.5 Å². The molecule has 1 aromatic rings. The van der Waals surface area contributed by atoms with Gasteiger partial charge >= 0.3 is 6.18 Å². The summed E-state index contributed by atoms with van der Waals surface area (Å²) >= 11 is 0. The predicted molar refractivity (Wildman–Crippen MR) is 82.6 cm³/mol. The van der Waals surface area contributed by atoms with Crippen LogP contribution in [-0.2, 0) is 11.3 Å². The second-order valence-electron chi connectivity index (χ2n) is 6.55.